The van der Waals surface area contributed by atoms with Gasteiger partial charge in [0.25, 0.3) is 10.0 Å². The smallest absolute Gasteiger partial charge is 0.264 e. The number of nitrogens with zero attached hydrogens (tertiary/aromatic N) is 1. The molecule has 2 rings (SSSR count). The number of rotatable bonds is 3. The van der Waals surface area contributed by atoms with E-state index in [4.69, 9.17) is 0 Å². The van der Waals surface area contributed by atoms with E-state index in [1.54, 1.807) is 12.1 Å². The zero-order valence-electron chi connectivity index (χ0n) is 11.0. The molecule has 0 spiro atoms. The number of aryl methyl sites for hydroxylation is 1. The molecule has 0 radical (unpaired) electrons. The maximum absolute atomic E-state index is 12.9. The lowest BCUT2D eigenvalue weighted by molar-refractivity contribution is 0.594. The molecule has 2 aromatic carbocycles. The third-order valence-corrected chi connectivity index (χ3v) is 5.65. The van der Waals surface area contributed by atoms with Crippen LogP contribution in [-0.2, 0) is 10.0 Å². The second-order valence-electron chi connectivity index (χ2n) is 4.36. The van der Waals surface area contributed by atoms with Crippen LogP contribution in [0.2, 0.25) is 0 Å². The van der Waals surface area contributed by atoms with Crippen LogP contribution >= 0.6 is 15.9 Å². The number of anilines is 1. The molecule has 0 amide bonds. The quantitative estimate of drug-likeness (QED) is 0.839. The number of sulfonamides is 1. The molecule has 2 aromatic rings. The molecule has 106 valence electrons. The van der Waals surface area contributed by atoms with Crippen molar-refractivity contribution in [3.05, 3.63) is 58.3 Å². The molecule has 0 aliphatic rings. The summed E-state index contributed by atoms with van der Waals surface area (Å²) in [6.45, 7) is 1.82. The molecular formula is C14H13BrFNO2S. The van der Waals surface area contributed by atoms with Crippen LogP contribution in [0.5, 0.6) is 0 Å². The highest BCUT2D eigenvalue weighted by Gasteiger charge is 2.21. The summed E-state index contributed by atoms with van der Waals surface area (Å²) in [5, 5.41) is 0. The van der Waals surface area contributed by atoms with Crippen molar-refractivity contribution in [2.24, 2.45) is 0 Å². The first-order valence-electron chi connectivity index (χ1n) is 5.83. The van der Waals surface area contributed by atoms with E-state index in [1.165, 1.54) is 37.4 Å². The Morgan fingerprint density at radius 3 is 2.25 bits per heavy atom. The Kier molecular flexibility index (Phi) is 4.15. The van der Waals surface area contributed by atoms with Gasteiger partial charge in [0, 0.05) is 11.5 Å². The van der Waals surface area contributed by atoms with E-state index in [9.17, 15) is 12.8 Å². The van der Waals surface area contributed by atoms with Crippen molar-refractivity contribution in [2.45, 2.75) is 11.8 Å². The zero-order valence-corrected chi connectivity index (χ0v) is 13.4. The van der Waals surface area contributed by atoms with Crippen LogP contribution in [0.25, 0.3) is 0 Å². The van der Waals surface area contributed by atoms with Gasteiger partial charge in [-0.05, 0) is 55.0 Å². The standard InChI is InChI=1S/C14H13BrFNO2S/c1-10-9-13(7-8-14(10)15)20(18,19)17(2)12-5-3-11(16)4-6-12/h3-9H,1-2H3. The molecule has 0 unspecified atom stereocenters. The lowest BCUT2D eigenvalue weighted by Gasteiger charge is -2.20. The van der Waals surface area contributed by atoms with E-state index in [0.717, 1.165) is 14.3 Å². The van der Waals surface area contributed by atoms with E-state index in [-0.39, 0.29) is 4.90 Å². The van der Waals surface area contributed by atoms with Crippen molar-refractivity contribution >= 4 is 31.6 Å². The first kappa shape index (κ1) is 15.0. The zero-order chi connectivity index (χ0) is 14.9. The fourth-order valence-corrected chi connectivity index (χ4v) is 3.25. The van der Waals surface area contributed by atoms with Crippen LogP contribution in [0.4, 0.5) is 10.1 Å². The third-order valence-electron chi connectivity index (χ3n) is 2.98. The average molecular weight is 358 g/mol. The molecule has 0 fully saturated rings. The molecule has 0 saturated heterocycles. The van der Waals surface area contributed by atoms with Gasteiger partial charge < -0.3 is 0 Å². The number of hydrogen-bond donors (Lipinski definition) is 0. The van der Waals surface area contributed by atoms with Crippen LogP contribution in [0.3, 0.4) is 0 Å². The normalized spacial score (nSPS) is 11.4. The minimum atomic E-state index is -3.65. The van der Waals surface area contributed by atoms with Gasteiger partial charge in [-0.2, -0.15) is 0 Å². The van der Waals surface area contributed by atoms with Gasteiger partial charge in [0.1, 0.15) is 5.82 Å². The highest BCUT2D eigenvalue weighted by Crippen LogP contribution is 2.25. The summed E-state index contributed by atoms with van der Waals surface area (Å²) >= 11 is 3.34. The SMILES string of the molecule is Cc1cc(S(=O)(=O)N(C)c2ccc(F)cc2)ccc1Br. The Morgan fingerprint density at radius 2 is 1.70 bits per heavy atom. The van der Waals surface area contributed by atoms with Crippen LogP contribution < -0.4 is 4.31 Å². The van der Waals surface area contributed by atoms with E-state index < -0.39 is 15.8 Å². The predicted molar refractivity (Wildman–Crippen MR) is 80.9 cm³/mol. The average Bonchev–Trinajstić information content (AvgIpc) is 2.41. The second kappa shape index (κ2) is 5.54. The molecule has 0 atom stereocenters. The summed E-state index contributed by atoms with van der Waals surface area (Å²) < 4.78 is 39.9. The van der Waals surface area contributed by atoms with Crippen molar-refractivity contribution < 1.29 is 12.8 Å². The lowest BCUT2D eigenvalue weighted by atomic mass is 10.2. The summed E-state index contributed by atoms with van der Waals surface area (Å²) in [6, 6.07) is 10.1. The Labute approximate surface area is 126 Å². The molecule has 20 heavy (non-hydrogen) atoms. The maximum atomic E-state index is 12.9. The van der Waals surface area contributed by atoms with Crippen molar-refractivity contribution in [2.75, 3.05) is 11.4 Å². The second-order valence-corrected chi connectivity index (χ2v) is 7.18. The Bertz CT molecular complexity index is 729. The molecular weight excluding hydrogens is 345 g/mol. The summed E-state index contributed by atoms with van der Waals surface area (Å²) in [6.07, 6.45) is 0. The minimum Gasteiger partial charge on any atom is -0.269 e. The van der Waals surface area contributed by atoms with Gasteiger partial charge in [0.2, 0.25) is 0 Å². The number of benzene rings is 2. The van der Waals surface area contributed by atoms with E-state index in [1.807, 2.05) is 6.92 Å². The van der Waals surface area contributed by atoms with Crippen molar-refractivity contribution in [1.82, 2.24) is 0 Å². The molecule has 0 heterocycles. The van der Waals surface area contributed by atoms with Gasteiger partial charge in [0.15, 0.2) is 0 Å². The first-order chi connectivity index (χ1) is 9.32. The summed E-state index contributed by atoms with van der Waals surface area (Å²) in [7, 11) is -2.21. The first-order valence-corrected chi connectivity index (χ1v) is 8.06. The number of hydrogen-bond acceptors (Lipinski definition) is 2. The highest BCUT2D eigenvalue weighted by atomic mass is 79.9. The van der Waals surface area contributed by atoms with Gasteiger partial charge in [0.05, 0.1) is 10.6 Å². The topological polar surface area (TPSA) is 37.4 Å². The van der Waals surface area contributed by atoms with E-state index in [0.29, 0.717) is 5.69 Å². The van der Waals surface area contributed by atoms with E-state index >= 15 is 0 Å². The van der Waals surface area contributed by atoms with Crippen molar-refractivity contribution in [3.63, 3.8) is 0 Å². The summed E-state index contributed by atoms with van der Waals surface area (Å²) in [5.41, 5.74) is 1.24. The summed E-state index contributed by atoms with van der Waals surface area (Å²) in [4.78, 5) is 0.199. The van der Waals surface area contributed by atoms with Gasteiger partial charge in [-0.25, -0.2) is 12.8 Å². The highest BCUT2D eigenvalue weighted by molar-refractivity contribution is 9.10. The molecule has 6 heteroatoms. The fraction of sp³-hybridized carbons (Fsp3) is 0.143. The number of halogens is 2. The van der Waals surface area contributed by atoms with Gasteiger partial charge in [-0.15, -0.1) is 0 Å². The fourth-order valence-electron chi connectivity index (χ4n) is 1.73. The summed E-state index contributed by atoms with van der Waals surface area (Å²) in [5.74, 6) is -0.404. The maximum Gasteiger partial charge on any atom is 0.264 e. The van der Waals surface area contributed by atoms with Crippen LogP contribution in [-0.4, -0.2) is 15.5 Å². The van der Waals surface area contributed by atoms with E-state index in [2.05, 4.69) is 15.9 Å². The molecule has 0 saturated carbocycles. The Balaban J connectivity index is 2.43. The molecule has 0 N–H and O–H groups in total. The monoisotopic (exact) mass is 357 g/mol. The van der Waals surface area contributed by atoms with Gasteiger partial charge >= 0.3 is 0 Å². The van der Waals surface area contributed by atoms with Crippen LogP contribution in [0, 0.1) is 12.7 Å². The molecule has 3 nitrogen and oxygen atoms in total. The molecule has 0 bridgehead atoms. The minimum absolute atomic E-state index is 0.199. The van der Waals surface area contributed by atoms with Gasteiger partial charge in [-0.1, -0.05) is 15.9 Å². The molecule has 0 aliphatic heterocycles. The lowest BCUT2D eigenvalue weighted by Crippen LogP contribution is -2.26. The van der Waals surface area contributed by atoms with Crippen molar-refractivity contribution in [3.8, 4) is 0 Å². The van der Waals surface area contributed by atoms with Gasteiger partial charge in [-0.3, -0.25) is 4.31 Å². The van der Waals surface area contributed by atoms with Crippen LogP contribution in [0.1, 0.15) is 5.56 Å². The largest absolute Gasteiger partial charge is 0.269 e. The predicted octanol–water partition coefficient (Wildman–Crippen LogP) is 3.72. The van der Waals surface area contributed by atoms with Crippen LogP contribution in [0.15, 0.2) is 51.8 Å². The third kappa shape index (κ3) is 2.86. The molecule has 0 aromatic heterocycles. The van der Waals surface area contributed by atoms with Crippen molar-refractivity contribution in [1.29, 1.82) is 0 Å². The molecule has 0 aliphatic carbocycles. The Hall–Kier alpha value is -1.40. The Morgan fingerprint density at radius 1 is 1.10 bits per heavy atom.